The number of carbonyl (C=O) groups is 1. The summed E-state index contributed by atoms with van der Waals surface area (Å²) >= 11 is 0. The van der Waals surface area contributed by atoms with Crippen LogP contribution in [0.2, 0.25) is 0 Å². The highest BCUT2D eigenvalue weighted by molar-refractivity contribution is 7.89. The van der Waals surface area contributed by atoms with Gasteiger partial charge in [-0.25, -0.2) is 17.9 Å². The molecule has 0 spiro atoms. The molecule has 1 aromatic rings. The summed E-state index contributed by atoms with van der Waals surface area (Å²) in [7, 11) is -0.112. The zero-order chi connectivity index (χ0) is 15.9. The summed E-state index contributed by atoms with van der Waals surface area (Å²) in [6, 6.07) is 7.20. The van der Waals surface area contributed by atoms with Crippen LogP contribution in [0.15, 0.2) is 24.3 Å². The SMILES string of the molecule is CNC(C)c1cccc(NC(=O)NCCS(=O)(=O)NC)c1. The monoisotopic (exact) mass is 314 g/mol. The predicted molar refractivity (Wildman–Crippen MR) is 83.8 cm³/mol. The van der Waals surface area contributed by atoms with Crippen LogP contribution >= 0.6 is 0 Å². The van der Waals surface area contributed by atoms with Crippen molar-refractivity contribution in [2.75, 3.05) is 31.7 Å². The number of anilines is 1. The minimum Gasteiger partial charge on any atom is -0.337 e. The molecule has 21 heavy (non-hydrogen) atoms. The van der Waals surface area contributed by atoms with Crippen LogP contribution in [0.1, 0.15) is 18.5 Å². The predicted octanol–water partition coefficient (Wildman–Crippen LogP) is 0.638. The lowest BCUT2D eigenvalue weighted by Crippen LogP contribution is -2.35. The van der Waals surface area contributed by atoms with Gasteiger partial charge < -0.3 is 16.0 Å². The number of hydrogen-bond acceptors (Lipinski definition) is 4. The molecule has 0 saturated heterocycles. The summed E-state index contributed by atoms with van der Waals surface area (Å²) in [5.74, 6) is -0.159. The molecule has 0 aliphatic heterocycles. The van der Waals surface area contributed by atoms with Crippen molar-refractivity contribution in [3.63, 3.8) is 0 Å². The number of sulfonamides is 1. The number of nitrogens with one attached hydrogen (secondary N) is 4. The number of hydrogen-bond donors (Lipinski definition) is 4. The Hall–Kier alpha value is -1.64. The van der Waals surface area contributed by atoms with Crippen molar-refractivity contribution in [1.29, 1.82) is 0 Å². The van der Waals surface area contributed by atoms with Crippen molar-refractivity contribution in [1.82, 2.24) is 15.4 Å². The van der Waals surface area contributed by atoms with Crippen LogP contribution in [0.25, 0.3) is 0 Å². The van der Waals surface area contributed by atoms with Gasteiger partial charge in [-0.3, -0.25) is 0 Å². The van der Waals surface area contributed by atoms with Gasteiger partial charge in [-0.1, -0.05) is 12.1 Å². The van der Waals surface area contributed by atoms with Gasteiger partial charge in [-0.2, -0.15) is 0 Å². The van der Waals surface area contributed by atoms with Gasteiger partial charge in [0.05, 0.1) is 5.75 Å². The van der Waals surface area contributed by atoms with E-state index in [1.165, 1.54) is 7.05 Å². The lowest BCUT2D eigenvalue weighted by molar-refractivity contribution is 0.252. The highest BCUT2D eigenvalue weighted by Gasteiger charge is 2.09. The lowest BCUT2D eigenvalue weighted by atomic mass is 10.1. The average molecular weight is 314 g/mol. The molecular formula is C13H22N4O3S. The molecule has 0 heterocycles. The molecule has 0 aliphatic carbocycles. The summed E-state index contributed by atoms with van der Waals surface area (Å²) < 4.78 is 24.6. The second kappa shape index (κ2) is 7.96. The zero-order valence-electron chi connectivity index (χ0n) is 12.4. The first-order chi connectivity index (χ1) is 9.88. The van der Waals surface area contributed by atoms with Crippen molar-refractivity contribution in [3.05, 3.63) is 29.8 Å². The molecule has 1 atom stereocenters. The summed E-state index contributed by atoms with van der Waals surface area (Å²) in [6.07, 6.45) is 0. The Balaban J connectivity index is 2.52. The summed E-state index contributed by atoms with van der Waals surface area (Å²) in [6.45, 7) is 2.06. The Morgan fingerprint density at radius 2 is 2.00 bits per heavy atom. The molecule has 4 N–H and O–H groups in total. The Labute approximate surface area is 125 Å². The molecule has 0 saturated carbocycles. The quantitative estimate of drug-likeness (QED) is 0.593. The van der Waals surface area contributed by atoms with E-state index >= 15 is 0 Å². The van der Waals surface area contributed by atoms with E-state index in [1.807, 2.05) is 32.2 Å². The van der Waals surface area contributed by atoms with Crippen molar-refractivity contribution >= 4 is 21.7 Å². The molecule has 0 bridgehead atoms. The van der Waals surface area contributed by atoms with Gasteiger partial charge in [0.25, 0.3) is 0 Å². The molecule has 0 aliphatic rings. The van der Waals surface area contributed by atoms with Crippen LogP contribution in [0.4, 0.5) is 10.5 Å². The standard InChI is InChI=1S/C13H22N4O3S/c1-10(14-2)11-5-4-6-12(9-11)17-13(18)16-7-8-21(19,20)15-3/h4-6,9-10,14-15H,7-8H2,1-3H3,(H2,16,17,18). The number of amides is 2. The second-order valence-electron chi connectivity index (χ2n) is 4.54. The maximum absolute atomic E-state index is 11.7. The highest BCUT2D eigenvalue weighted by atomic mass is 32.2. The highest BCUT2D eigenvalue weighted by Crippen LogP contribution is 2.16. The average Bonchev–Trinajstić information content (AvgIpc) is 2.46. The zero-order valence-corrected chi connectivity index (χ0v) is 13.3. The number of carbonyl (C=O) groups excluding carboxylic acids is 1. The minimum atomic E-state index is -3.31. The number of urea groups is 1. The smallest absolute Gasteiger partial charge is 0.319 e. The van der Waals surface area contributed by atoms with E-state index in [4.69, 9.17) is 0 Å². The lowest BCUT2D eigenvalue weighted by Gasteiger charge is -2.13. The van der Waals surface area contributed by atoms with Gasteiger partial charge in [0.15, 0.2) is 0 Å². The van der Waals surface area contributed by atoms with E-state index in [-0.39, 0.29) is 18.3 Å². The van der Waals surface area contributed by atoms with Gasteiger partial charge in [-0.15, -0.1) is 0 Å². The van der Waals surface area contributed by atoms with E-state index in [1.54, 1.807) is 6.07 Å². The van der Waals surface area contributed by atoms with Crippen molar-refractivity contribution in [2.45, 2.75) is 13.0 Å². The molecule has 8 heteroatoms. The number of rotatable bonds is 7. The summed E-state index contributed by atoms with van der Waals surface area (Å²) in [5, 5.41) is 8.29. The molecule has 118 valence electrons. The van der Waals surface area contributed by atoms with Gasteiger partial charge in [0.2, 0.25) is 10.0 Å². The van der Waals surface area contributed by atoms with Crippen LogP contribution in [0, 0.1) is 0 Å². The maximum Gasteiger partial charge on any atom is 0.319 e. The molecular weight excluding hydrogens is 292 g/mol. The molecule has 1 unspecified atom stereocenters. The topological polar surface area (TPSA) is 99.3 Å². The third-order valence-corrected chi connectivity index (χ3v) is 4.41. The Morgan fingerprint density at radius 3 is 2.62 bits per heavy atom. The minimum absolute atomic E-state index is 0.0433. The number of benzene rings is 1. The van der Waals surface area contributed by atoms with E-state index in [2.05, 4.69) is 20.7 Å². The van der Waals surface area contributed by atoms with Gasteiger partial charge >= 0.3 is 6.03 Å². The first-order valence-electron chi connectivity index (χ1n) is 6.61. The van der Waals surface area contributed by atoms with Crippen LogP contribution < -0.4 is 20.7 Å². The molecule has 1 aromatic carbocycles. The third-order valence-electron chi connectivity index (χ3n) is 3.04. The van der Waals surface area contributed by atoms with Crippen molar-refractivity contribution in [3.8, 4) is 0 Å². The molecule has 0 aromatic heterocycles. The fourth-order valence-corrected chi connectivity index (χ4v) is 2.20. The Bertz CT molecular complexity index is 575. The van der Waals surface area contributed by atoms with Gasteiger partial charge in [-0.05, 0) is 38.7 Å². The fourth-order valence-electron chi connectivity index (χ4n) is 1.63. The summed E-state index contributed by atoms with van der Waals surface area (Å²) in [4.78, 5) is 11.7. The molecule has 1 rings (SSSR count). The van der Waals surface area contributed by atoms with Gasteiger partial charge in [0.1, 0.15) is 0 Å². The summed E-state index contributed by atoms with van der Waals surface area (Å²) in [5.41, 5.74) is 1.71. The first-order valence-corrected chi connectivity index (χ1v) is 8.26. The van der Waals surface area contributed by atoms with Crippen molar-refractivity contribution in [2.24, 2.45) is 0 Å². The van der Waals surface area contributed by atoms with Crippen molar-refractivity contribution < 1.29 is 13.2 Å². The Morgan fingerprint density at radius 1 is 1.29 bits per heavy atom. The van der Waals surface area contributed by atoms with Crippen LogP contribution in [-0.2, 0) is 10.0 Å². The normalized spacial score (nSPS) is 12.7. The molecule has 0 fully saturated rings. The Kier molecular flexibility index (Phi) is 6.60. The first kappa shape index (κ1) is 17.4. The van der Waals surface area contributed by atoms with Crippen LogP contribution in [0.3, 0.4) is 0 Å². The van der Waals surface area contributed by atoms with Crippen LogP contribution in [0.5, 0.6) is 0 Å². The fraction of sp³-hybridized carbons (Fsp3) is 0.462. The van der Waals surface area contributed by atoms with E-state index < -0.39 is 16.1 Å². The van der Waals surface area contributed by atoms with Crippen LogP contribution in [-0.4, -0.2) is 40.8 Å². The van der Waals surface area contributed by atoms with Gasteiger partial charge in [0, 0.05) is 18.3 Å². The third kappa shape index (κ3) is 6.11. The largest absolute Gasteiger partial charge is 0.337 e. The van der Waals surface area contributed by atoms with E-state index in [0.717, 1.165) is 5.56 Å². The van der Waals surface area contributed by atoms with E-state index in [0.29, 0.717) is 5.69 Å². The van der Waals surface area contributed by atoms with E-state index in [9.17, 15) is 13.2 Å². The molecule has 2 amide bonds. The molecule has 0 radical (unpaired) electrons. The molecule has 7 nitrogen and oxygen atoms in total. The maximum atomic E-state index is 11.7. The second-order valence-corrected chi connectivity index (χ2v) is 6.59.